The van der Waals surface area contributed by atoms with Crippen LogP contribution in [0.4, 0.5) is 0 Å². The summed E-state index contributed by atoms with van der Waals surface area (Å²) in [4.78, 5) is 0. The number of nitrogens with zero attached hydrogens (tertiary/aromatic N) is 1. The van der Waals surface area contributed by atoms with Gasteiger partial charge in [0.2, 0.25) is 0 Å². The van der Waals surface area contributed by atoms with Crippen molar-refractivity contribution in [1.82, 2.24) is 9.03 Å². The van der Waals surface area contributed by atoms with Crippen molar-refractivity contribution in [2.75, 3.05) is 19.6 Å². The lowest BCUT2D eigenvalue weighted by Crippen LogP contribution is -2.45. The summed E-state index contributed by atoms with van der Waals surface area (Å²) in [5.41, 5.74) is 5.68. The molecule has 0 radical (unpaired) electrons. The molecule has 0 aromatic heterocycles. The van der Waals surface area contributed by atoms with E-state index < -0.39 is 10.2 Å². The highest BCUT2D eigenvalue weighted by atomic mass is 32.2. The largest absolute Gasteiger partial charge is 0.327 e. The molecule has 0 spiro atoms. The van der Waals surface area contributed by atoms with Crippen molar-refractivity contribution in [1.29, 1.82) is 0 Å². The molecule has 0 aliphatic heterocycles. The molecule has 0 amide bonds. The highest BCUT2D eigenvalue weighted by Gasteiger charge is 2.20. The summed E-state index contributed by atoms with van der Waals surface area (Å²) in [6.07, 6.45) is 2.41. The summed E-state index contributed by atoms with van der Waals surface area (Å²) >= 11 is 0. The smallest absolute Gasteiger partial charge is 0.279 e. The molecule has 1 unspecified atom stereocenters. The first-order valence-corrected chi connectivity index (χ1v) is 7.42. The van der Waals surface area contributed by atoms with E-state index in [4.69, 9.17) is 5.73 Å². The molecule has 3 N–H and O–H groups in total. The maximum absolute atomic E-state index is 11.9. The predicted molar refractivity (Wildman–Crippen MR) is 67.3 cm³/mol. The van der Waals surface area contributed by atoms with E-state index in [2.05, 4.69) is 4.72 Å². The fourth-order valence-corrected chi connectivity index (χ4v) is 2.75. The Hall–Kier alpha value is -0.170. The molecular formula is C10H25N3O2S. The van der Waals surface area contributed by atoms with E-state index in [0.717, 1.165) is 19.3 Å². The van der Waals surface area contributed by atoms with Gasteiger partial charge in [-0.05, 0) is 19.3 Å². The third kappa shape index (κ3) is 5.79. The third-order valence-electron chi connectivity index (χ3n) is 2.34. The highest BCUT2D eigenvalue weighted by molar-refractivity contribution is 7.87. The van der Waals surface area contributed by atoms with Gasteiger partial charge < -0.3 is 5.73 Å². The van der Waals surface area contributed by atoms with E-state index >= 15 is 0 Å². The first-order chi connectivity index (χ1) is 7.47. The molecule has 0 saturated heterocycles. The second kappa shape index (κ2) is 8.00. The van der Waals surface area contributed by atoms with Crippen LogP contribution in [0.1, 0.15) is 40.0 Å². The van der Waals surface area contributed by atoms with Crippen molar-refractivity contribution in [3.05, 3.63) is 0 Å². The zero-order valence-electron chi connectivity index (χ0n) is 10.6. The Morgan fingerprint density at radius 3 is 2.06 bits per heavy atom. The molecule has 0 aliphatic rings. The van der Waals surface area contributed by atoms with Gasteiger partial charge in [-0.1, -0.05) is 20.8 Å². The Bertz CT molecular complexity index is 261. The second-order valence-electron chi connectivity index (χ2n) is 3.92. The summed E-state index contributed by atoms with van der Waals surface area (Å²) in [7, 11) is -3.35. The molecule has 0 aromatic carbocycles. The van der Waals surface area contributed by atoms with Gasteiger partial charge in [-0.3, -0.25) is 0 Å². The number of nitrogens with two attached hydrogens (primary N) is 1. The number of rotatable bonds is 9. The van der Waals surface area contributed by atoms with Gasteiger partial charge in [0.25, 0.3) is 10.2 Å². The summed E-state index contributed by atoms with van der Waals surface area (Å²) in [6.45, 7) is 7.30. The highest BCUT2D eigenvalue weighted by Crippen LogP contribution is 2.01. The Kier molecular flexibility index (Phi) is 7.91. The van der Waals surface area contributed by atoms with Gasteiger partial charge in [0, 0.05) is 25.7 Å². The van der Waals surface area contributed by atoms with Crippen molar-refractivity contribution in [2.45, 2.75) is 46.1 Å². The van der Waals surface area contributed by atoms with Crippen LogP contribution in [0.2, 0.25) is 0 Å². The molecule has 5 nitrogen and oxygen atoms in total. The quantitative estimate of drug-likeness (QED) is 0.633. The van der Waals surface area contributed by atoms with Gasteiger partial charge in [-0.15, -0.1) is 0 Å². The summed E-state index contributed by atoms with van der Waals surface area (Å²) in [5.74, 6) is 0. The van der Waals surface area contributed by atoms with Crippen LogP contribution in [0.5, 0.6) is 0 Å². The Labute approximate surface area is 99.6 Å². The normalized spacial score (nSPS) is 14.3. The molecule has 0 fully saturated rings. The molecular weight excluding hydrogens is 226 g/mol. The minimum Gasteiger partial charge on any atom is -0.327 e. The fourth-order valence-electron chi connectivity index (χ4n) is 1.30. The van der Waals surface area contributed by atoms with E-state index in [1.54, 1.807) is 0 Å². The van der Waals surface area contributed by atoms with Crippen LogP contribution >= 0.6 is 0 Å². The maximum Gasteiger partial charge on any atom is 0.279 e. The van der Waals surface area contributed by atoms with Crippen LogP contribution in [-0.4, -0.2) is 38.4 Å². The van der Waals surface area contributed by atoms with Crippen molar-refractivity contribution in [3.8, 4) is 0 Å². The summed E-state index contributed by atoms with van der Waals surface area (Å²) in [6, 6.07) is -0.111. The standard InChI is InChI=1S/C10H25N3O2S/c1-4-7-13(8-5-2)16(14,15)12-9-10(11)6-3/h10,12H,4-9,11H2,1-3H3. The molecule has 0 heterocycles. The molecule has 0 aliphatic carbocycles. The van der Waals surface area contributed by atoms with Crippen LogP contribution in [0.3, 0.4) is 0 Å². The fraction of sp³-hybridized carbons (Fsp3) is 1.00. The zero-order valence-corrected chi connectivity index (χ0v) is 11.4. The molecule has 98 valence electrons. The monoisotopic (exact) mass is 251 g/mol. The molecule has 1 atom stereocenters. The van der Waals surface area contributed by atoms with Crippen LogP contribution < -0.4 is 10.5 Å². The lowest BCUT2D eigenvalue weighted by molar-refractivity contribution is 0.400. The molecule has 0 bridgehead atoms. The first kappa shape index (κ1) is 15.8. The van der Waals surface area contributed by atoms with Crippen molar-refractivity contribution in [3.63, 3.8) is 0 Å². The second-order valence-corrected chi connectivity index (χ2v) is 5.68. The average molecular weight is 251 g/mol. The minimum atomic E-state index is -3.35. The van der Waals surface area contributed by atoms with E-state index in [9.17, 15) is 8.42 Å². The Morgan fingerprint density at radius 1 is 1.19 bits per heavy atom. The number of nitrogens with one attached hydrogen (secondary N) is 1. The van der Waals surface area contributed by atoms with Crippen molar-refractivity contribution < 1.29 is 8.42 Å². The lowest BCUT2D eigenvalue weighted by Gasteiger charge is -2.22. The zero-order chi connectivity index (χ0) is 12.6. The number of hydrogen-bond donors (Lipinski definition) is 2. The van der Waals surface area contributed by atoms with E-state index in [-0.39, 0.29) is 6.04 Å². The van der Waals surface area contributed by atoms with Gasteiger partial charge >= 0.3 is 0 Å². The van der Waals surface area contributed by atoms with Gasteiger partial charge in [-0.25, -0.2) is 4.72 Å². The van der Waals surface area contributed by atoms with E-state index in [0.29, 0.717) is 19.6 Å². The minimum absolute atomic E-state index is 0.111. The SMILES string of the molecule is CCCN(CCC)S(=O)(=O)NCC(N)CC. The van der Waals surface area contributed by atoms with Crippen molar-refractivity contribution >= 4 is 10.2 Å². The molecule has 6 heteroatoms. The van der Waals surface area contributed by atoms with Gasteiger partial charge in [0.05, 0.1) is 0 Å². The maximum atomic E-state index is 11.9. The molecule has 0 saturated carbocycles. The van der Waals surface area contributed by atoms with Crippen LogP contribution in [0.15, 0.2) is 0 Å². The van der Waals surface area contributed by atoms with E-state index in [1.165, 1.54) is 4.31 Å². The van der Waals surface area contributed by atoms with Gasteiger partial charge in [0.1, 0.15) is 0 Å². The summed E-state index contributed by atoms with van der Waals surface area (Å²) in [5, 5.41) is 0. The Balaban J connectivity index is 4.35. The van der Waals surface area contributed by atoms with Crippen LogP contribution in [-0.2, 0) is 10.2 Å². The van der Waals surface area contributed by atoms with Gasteiger partial charge in [0.15, 0.2) is 0 Å². The predicted octanol–water partition coefficient (Wildman–Crippen LogP) is 0.680. The van der Waals surface area contributed by atoms with Gasteiger partial charge in [-0.2, -0.15) is 12.7 Å². The first-order valence-electron chi connectivity index (χ1n) is 5.98. The molecule has 16 heavy (non-hydrogen) atoms. The summed E-state index contributed by atoms with van der Waals surface area (Å²) < 4.78 is 27.8. The average Bonchev–Trinajstić information content (AvgIpc) is 2.25. The number of hydrogen-bond acceptors (Lipinski definition) is 3. The Morgan fingerprint density at radius 2 is 1.69 bits per heavy atom. The van der Waals surface area contributed by atoms with Crippen molar-refractivity contribution in [2.24, 2.45) is 5.73 Å². The van der Waals surface area contributed by atoms with E-state index in [1.807, 2.05) is 20.8 Å². The topological polar surface area (TPSA) is 75.4 Å². The molecule has 0 aromatic rings. The van der Waals surface area contributed by atoms with Crippen LogP contribution in [0, 0.1) is 0 Å². The van der Waals surface area contributed by atoms with Crippen LogP contribution in [0.25, 0.3) is 0 Å². The third-order valence-corrected chi connectivity index (χ3v) is 3.91. The molecule has 0 rings (SSSR count). The lowest BCUT2D eigenvalue weighted by atomic mass is 10.2.